The van der Waals surface area contributed by atoms with Gasteiger partial charge in [-0.25, -0.2) is 13.1 Å². The highest BCUT2D eigenvalue weighted by molar-refractivity contribution is 7.89. The average Bonchev–Trinajstić information content (AvgIpc) is 2.72. The maximum absolute atomic E-state index is 12.7. The summed E-state index contributed by atoms with van der Waals surface area (Å²) in [6.45, 7) is 7.88. The molecule has 2 unspecified atom stereocenters. The quantitative estimate of drug-likeness (QED) is 0.831. The van der Waals surface area contributed by atoms with Crippen LogP contribution < -0.4 is 10.5 Å². The topological polar surface area (TPSA) is 81.4 Å². The van der Waals surface area contributed by atoms with Gasteiger partial charge in [-0.1, -0.05) is 0 Å². The SMILES string of the molecule is Cc1cc(N)c(C)c(S(=O)(=O)NC2CCOC2C)c1C. The normalized spacial score (nSPS) is 23.2. The van der Waals surface area contributed by atoms with Crippen molar-refractivity contribution in [2.24, 2.45) is 0 Å². The number of sulfonamides is 1. The third kappa shape index (κ3) is 2.68. The molecule has 1 saturated heterocycles. The molecule has 1 aromatic rings. The van der Waals surface area contributed by atoms with E-state index in [0.29, 0.717) is 29.2 Å². The maximum atomic E-state index is 12.7. The highest BCUT2D eigenvalue weighted by atomic mass is 32.2. The number of ether oxygens (including phenoxy) is 1. The maximum Gasteiger partial charge on any atom is 0.241 e. The van der Waals surface area contributed by atoms with Crippen LogP contribution in [-0.4, -0.2) is 27.2 Å². The standard InChI is InChI=1S/C14H22N2O3S/c1-8-7-12(15)10(3)14(9(8)2)20(17,18)16-13-5-6-19-11(13)4/h7,11,13,16H,5-6,15H2,1-4H3. The van der Waals surface area contributed by atoms with Crippen molar-refractivity contribution in [3.8, 4) is 0 Å². The molecule has 2 atom stereocenters. The van der Waals surface area contributed by atoms with Gasteiger partial charge in [-0.05, 0) is 56.9 Å². The molecule has 0 radical (unpaired) electrons. The predicted octanol–water partition coefficient (Wildman–Crippen LogP) is 1.65. The first-order chi connectivity index (χ1) is 9.24. The number of rotatable bonds is 3. The van der Waals surface area contributed by atoms with E-state index in [9.17, 15) is 8.42 Å². The molecule has 0 spiro atoms. The molecule has 20 heavy (non-hydrogen) atoms. The first-order valence-corrected chi connectivity index (χ1v) is 8.22. The third-order valence-electron chi connectivity index (χ3n) is 4.03. The zero-order valence-corrected chi connectivity index (χ0v) is 13.2. The van der Waals surface area contributed by atoms with Gasteiger partial charge in [0.1, 0.15) is 0 Å². The third-order valence-corrected chi connectivity index (χ3v) is 5.79. The Hall–Kier alpha value is -1.11. The second kappa shape index (κ2) is 5.35. The van der Waals surface area contributed by atoms with Gasteiger partial charge in [-0.15, -0.1) is 0 Å². The fraction of sp³-hybridized carbons (Fsp3) is 0.571. The summed E-state index contributed by atoms with van der Waals surface area (Å²) in [4.78, 5) is 0.300. The van der Waals surface area contributed by atoms with E-state index < -0.39 is 10.0 Å². The van der Waals surface area contributed by atoms with Crippen molar-refractivity contribution in [3.63, 3.8) is 0 Å². The molecule has 1 aromatic carbocycles. The summed E-state index contributed by atoms with van der Waals surface area (Å²) in [6, 6.07) is 1.63. The Balaban J connectivity index is 2.44. The van der Waals surface area contributed by atoms with Gasteiger partial charge in [0.25, 0.3) is 0 Å². The molecular weight excluding hydrogens is 276 g/mol. The molecule has 0 aromatic heterocycles. The van der Waals surface area contributed by atoms with E-state index in [-0.39, 0.29) is 12.1 Å². The van der Waals surface area contributed by atoms with E-state index in [4.69, 9.17) is 10.5 Å². The molecule has 0 saturated carbocycles. The van der Waals surface area contributed by atoms with Gasteiger partial charge >= 0.3 is 0 Å². The average molecular weight is 298 g/mol. The van der Waals surface area contributed by atoms with Crippen LogP contribution in [0.5, 0.6) is 0 Å². The highest BCUT2D eigenvalue weighted by Gasteiger charge is 2.31. The van der Waals surface area contributed by atoms with Gasteiger partial charge in [-0.2, -0.15) is 0 Å². The molecule has 112 valence electrons. The summed E-state index contributed by atoms with van der Waals surface area (Å²) in [6.07, 6.45) is 0.590. The number of hydrogen-bond donors (Lipinski definition) is 2. The Bertz CT molecular complexity index is 600. The van der Waals surface area contributed by atoms with Crippen molar-refractivity contribution >= 4 is 15.7 Å². The van der Waals surface area contributed by atoms with Crippen molar-refractivity contribution in [2.45, 2.75) is 51.2 Å². The molecule has 0 aliphatic carbocycles. The molecular formula is C14H22N2O3S. The minimum absolute atomic E-state index is 0.104. The lowest BCUT2D eigenvalue weighted by Crippen LogP contribution is -2.39. The van der Waals surface area contributed by atoms with Crippen LogP contribution in [0.15, 0.2) is 11.0 Å². The van der Waals surface area contributed by atoms with Crippen LogP contribution in [0.4, 0.5) is 5.69 Å². The molecule has 6 heteroatoms. The first kappa shape index (κ1) is 15.3. The van der Waals surface area contributed by atoms with Crippen molar-refractivity contribution in [1.29, 1.82) is 0 Å². The van der Waals surface area contributed by atoms with E-state index in [1.165, 1.54) is 0 Å². The Morgan fingerprint density at radius 3 is 2.50 bits per heavy atom. The smallest absolute Gasteiger partial charge is 0.241 e. The molecule has 3 N–H and O–H groups in total. The van der Waals surface area contributed by atoms with Crippen LogP contribution in [-0.2, 0) is 14.8 Å². The van der Waals surface area contributed by atoms with E-state index in [1.54, 1.807) is 6.92 Å². The van der Waals surface area contributed by atoms with E-state index >= 15 is 0 Å². The van der Waals surface area contributed by atoms with Gasteiger partial charge in [0.05, 0.1) is 17.0 Å². The second-order valence-corrected chi connectivity index (χ2v) is 7.11. The molecule has 0 amide bonds. The number of nitrogens with two attached hydrogens (primary N) is 1. The summed E-state index contributed by atoms with van der Waals surface area (Å²) in [5.41, 5.74) is 8.64. The molecule has 1 aliphatic rings. The molecule has 1 aliphatic heterocycles. The Morgan fingerprint density at radius 2 is 1.95 bits per heavy atom. The van der Waals surface area contributed by atoms with Crippen LogP contribution in [0.3, 0.4) is 0 Å². The number of nitrogen functional groups attached to an aromatic ring is 1. The highest BCUT2D eigenvalue weighted by Crippen LogP contribution is 2.28. The van der Waals surface area contributed by atoms with Gasteiger partial charge < -0.3 is 10.5 Å². The summed E-state index contributed by atoms with van der Waals surface area (Å²) in [7, 11) is -3.59. The molecule has 1 fully saturated rings. The number of benzene rings is 1. The van der Waals surface area contributed by atoms with Crippen LogP contribution in [0.2, 0.25) is 0 Å². The molecule has 5 nitrogen and oxygen atoms in total. The number of aryl methyl sites for hydroxylation is 1. The number of anilines is 1. The van der Waals surface area contributed by atoms with Crippen molar-refractivity contribution in [3.05, 3.63) is 22.8 Å². The first-order valence-electron chi connectivity index (χ1n) is 6.74. The fourth-order valence-electron chi connectivity index (χ4n) is 2.59. The van der Waals surface area contributed by atoms with Crippen LogP contribution >= 0.6 is 0 Å². The van der Waals surface area contributed by atoms with Crippen LogP contribution in [0.1, 0.15) is 30.0 Å². The minimum atomic E-state index is -3.59. The largest absolute Gasteiger partial charge is 0.398 e. The molecule has 1 heterocycles. The van der Waals surface area contributed by atoms with Gasteiger partial charge in [-0.3, -0.25) is 0 Å². The number of hydrogen-bond acceptors (Lipinski definition) is 4. The van der Waals surface area contributed by atoms with E-state index in [1.807, 2.05) is 26.8 Å². The predicted molar refractivity (Wildman–Crippen MR) is 79.2 cm³/mol. The molecule has 0 bridgehead atoms. The van der Waals surface area contributed by atoms with Gasteiger partial charge in [0, 0.05) is 12.3 Å². The van der Waals surface area contributed by atoms with Crippen molar-refractivity contribution in [1.82, 2.24) is 4.72 Å². The lowest BCUT2D eigenvalue weighted by Gasteiger charge is -2.20. The summed E-state index contributed by atoms with van der Waals surface area (Å²) in [5, 5.41) is 0. The minimum Gasteiger partial charge on any atom is -0.398 e. The summed E-state index contributed by atoms with van der Waals surface area (Å²) in [5.74, 6) is 0. The Labute approximate surface area is 120 Å². The van der Waals surface area contributed by atoms with Crippen molar-refractivity contribution in [2.75, 3.05) is 12.3 Å². The Morgan fingerprint density at radius 1 is 1.30 bits per heavy atom. The summed E-state index contributed by atoms with van der Waals surface area (Å²) >= 11 is 0. The van der Waals surface area contributed by atoms with E-state index in [0.717, 1.165) is 11.1 Å². The summed E-state index contributed by atoms with van der Waals surface area (Å²) < 4.78 is 33.5. The zero-order valence-electron chi connectivity index (χ0n) is 12.4. The lowest BCUT2D eigenvalue weighted by molar-refractivity contribution is 0.117. The van der Waals surface area contributed by atoms with Crippen molar-refractivity contribution < 1.29 is 13.2 Å². The van der Waals surface area contributed by atoms with Crippen LogP contribution in [0.25, 0.3) is 0 Å². The van der Waals surface area contributed by atoms with E-state index in [2.05, 4.69) is 4.72 Å². The monoisotopic (exact) mass is 298 g/mol. The van der Waals surface area contributed by atoms with Crippen LogP contribution in [0, 0.1) is 20.8 Å². The molecule has 2 rings (SSSR count). The lowest BCUT2D eigenvalue weighted by atomic mass is 10.1. The van der Waals surface area contributed by atoms with Gasteiger partial charge in [0.15, 0.2) is 0 Å². The number of nitrogens with one attached hydrogen (secondary N) is 1. The fourth-order valence-corrected chi connectivity index (χ4v) is 4.50. The zero-order chi connectivity index (χ0) is 15.1. The second-order valence-electron chi connectivity index (χ2n) is 5.45. The van der Waals surface area contributed by atoms with Gasteiger partial charge in [0.2, 0.25) is 10.0 Å². The Kier molecular flexibility index (Phi) is 4.09.